The molecule has 70 heavy (non-hydrogen) atoms. The van der Waals surface area contributed by atoms with Crippen molar-refractivity contribution in [2.45, 2.75) is 131 Å². The smallest absolute Gasteiger partial charge is 0.329 e. The quantitative estimate of drug-likeness (QED) is 0.0811. The van der Waals surface area contributed by atoms with Crippen LogP contribution >= 0.6 is 23.2 Å². The van der Waals surface area contributed by atoms with Crippen molar-refractivity contribution in [1.82, 2.24) is 34.9 Å². The molecule has 4 aliphatic heterocycles. The summed E-state index contributed by atoms with van der Waals surface area (Å²) in [6.07, 6.45) is 10.0. The van der Waals surface area contributed by atoms with Gasteiger partial charge >= 0.3 is 11.7 Å². The zero-order valence-corrected chi connectivity index (χ0v) is 40.9. The molecule has 5 atom stereocenters. The van der Waals surface area contributed by atoms with Crippen LogP contribution in [0.25, 0.3) is 11.0 Å². The molecule has 2 aliphatic carbocycles. The summed E-state index contributed by atoms with van der Waals surface area (Å²) >= 11 is 12.9. The van der Waals surface area contributed by atoms with Gasteiger partial charge in [0, 0.05) is 67.9 Å². The summed E-state index contributed by atoms with van der Waals surface area (Å²) in [6, 6.07) is 13.5. The Labute approximate surface area is 415 Å². The number of piperidine rings is 1. The van der Waals surface area contributed by atoms with Gasteiger partial charge in [-0.05, 0) is 124 Å². The second-order valence-electron chi connectivity index (χ2n) is 20.7. The number of unbranched alkanes of at least 4 members (excludes halogenated alkanes) is 1. The van der Waals surface area contributed by atoms with E-state index in [-0.39, 0.29) is 58.8 Å². The number of piperazine rings is 1. The molecule has 18 heteroatoms. The van der Waals surface area contributed by atoms with E-state index in [1.54, 1.807) is 35.9 Å². The molecule has 3 saturated heterocycles. The fourth-order valence-corrected chi connectivity index (χ4v) is 13.7. The number of carboxylic acids is 1. The van der Waals surface area contributed by atoms with Gasteiger partial charge in [-0.15, -0.1) is 0 Å². The minimum absolute atomic E-state index is 0.0723. The number of hydrogen-bond donors (Lipinski definition) is 5. The maximum absolute atomic E-state index is 16.4. The average Bonchev–Trinajstić information content (AvgIpc) is 3.89. The Morgan fingerprint density at radius 3 is 2.44 bits per heavy atom. The van der Waals surface area contributed by atoms with Crippen molar-refractivity contribution in [3.05, 3.63) is 97.6 Å². The van der Waals surface area contributed by atoms with E-state index in [1.807, 2.05) is 24.3 Å². The third-order valence-electron chi connectivity index (χ3n) is 16.7. The van der Waals surface area contributed by atoms with Crippen molar-refractivity contribution in [1.29, 1.82) is 0 Å². The van der Waals surface area contributed by atoms with Gasteiger partial charge in [0.25, 0.3) is 0 Å². The second-order valence-corrected chi connectivity index (χ2v) is 21.5. The Kier molecular flexibility index (Phi) is 13.5. The van der Waals surface area contributed by atoms with Crippen LogP contribution in [0.4, 0.5) is 10.1 Å². The lowest BCUT2D eigenvalue weighted by atomic mass is 9.55. The average molecular weight is 1000 g/mol. The lowest BCUT2D eigenvalue weighted by Crippen LogP contribution is -2.60. The van der Waals surface area contributed by atoms with Crippen LogP contribution in [-0.2, 0) is 42.9 Å². The SMILES string of the molecule is Cn1c(=O)n(C2CCC(=O)NC2=O)c2ccc(CCCCN3CCN(CC4CCC(NC(=O)[C@@H]5NC6(CCCCC6)[C@@]6(C(=O)Nc7cc(Cl)ccc76)[C@H]5c5cccc(Cl)c5F)CC4)[C@@H](C(=O)O)C3)cc21. The van der Waals surface area contributed by atoms with Gasteiger partial charge in [0.1, 0.15) is 23.3 Å². The number of aliphatic carboxylic acids is 1. The highest BCUT2D eigenvalue weighted by atomic mass is 35.5. The van der Waals surface area contributed by atoms with Gasteiger partial charge < -0.3 is 15.7 Å². The largest absolute Gasteiger partial charge is 0.480 e. The lowest BCUT2D eigenvalue weighted by Gasteiger charge is -2.47. The summed E-state index contributed by atoms with van der Waals surface area (Å²) in [7, 11) is 1.69. The molecule has 0 radical (unpaired) electrons. The summed E-state index contributed by atoms with van der Waals surface area (Å²) < 4.78 is 19.4. The molecular weight excluding hydrogens is 939 g/mol. The van der Waals surface area contributed by atoms with Crippen LogP contribution in [0.3, 0.4) is 0 Å². The summed E-state index contributed by atoms with van der Waals surface area (Å²) in [5.41, 5.74) is 1.53. The van der Waals surface area contributed by atoms with E-state index in [1.165, 1.54) is 10.6 Å². The number of hydrogen-bond acceptors (Lipinski definition) is 9. The Balaban J connectivity index is 0.748. The fourth-order valence-electron chi connectivity index (χ4n) is 13.3. The Hall–Kier alpha value is -5.13. The maximum Gasteiger partial charge on any atom is 0.329 e. The number of aryl methyl sites for hydroxylation is 2. The molecule has 6 aliphatic rings. The third kappa shape index (κ3) is 8.54. The number of aromatic nitrogens is 2. The van der Waals surface area contributed by atoms with Crippen molar-refractivity contribution in [3.8, 4) is 0 Å². The first kappa shape index (κ1) is 48.5. The van der Waals surface area contributed by atoms with Crippen LogP contribution in [0, 0.1) is 11.7 Å². The summed E-state index contributed by atoms with van der Waals surface area (Å²) in [5.74, 6) is -3.46. The number of carboxylic acid groups (broad SMARTS) is 1. The Morgan fingerprint density at radius 1 is 0.900 bits per heavy atom. The first-order valence-electron chi connectivity index (χ1n) is 25.1. The third-order valence-corrected chi connectivity index (χ3v) is 17.2. The molecule has 5 N–H and O–H groups in total. The van der Waals surface area contributed by atoms with Gasteiger partial charge in [0.2, 0.25) is 23.6 Å². The van der Waals surface area contributed by atoms with Crippen LogP contribution < -0.4 is 27.0 Å². The minimum atomic E-state index is -1.31. The van der Waals surface area contributed by atoms with Crippen molar-refractivity contribution in [3.63, 3.8) is 0 Å². The molecule has 0 bridgehead atoms. The van der Waals surface area contributed by atoms with Crippen molar-refractivity contribution in [2.75, 3.05) is 38.0 Å². The number of rotatable bonds is 12. The van der Waals surface area contributed by atoms with E-state index in [2.05, 4.69) is 31.1 Å². The lowest BCUT2D eigenvalue weighted by molar-refractivity contribution is -0.146. The maximum atomic E-state index is 16.4. The van der Waals surface area contributed by atoms with Crippen LogP contribution in [0.15, 0.2) is 59.4 Å². The number of imide groups is 1. The second kappa shape index (κ2) is 19.5. The molecular formula is C52H61Cl2FN8O7. The number of imidazole rings is 1. The number of anilines is 1. The molecule has 5 heterocycles. The number of halogens is 3. The van der Waals surface area contributed by atoms with Crippen LogP contribution in [-0.4, -0.2) is 110 Å². The number of fused-ring (bicyclic) bond motifs is 4. The molecule has 372 valence electrons. The highest BCUT2D eigenvalue weighted by molar-refractivity contribution is 6.31. The fraction of sp³-hybridized carbons (Fsp3) is 0.538. The predicted molar refractivity (Wildman–Crippen MR) is 264 cm³/mol. The molecule has 2 saturated carbocycles. The van der Waals surface area contributed by atoms with Gasteiger partial charge in [0.05, 0.1) is 22.1 Å². The molecule has 5 fully saturated rings. The standard InChI is InChI=1S/C52H61Cl2FN8O7/c1-60-40-26-30(13-18-38(40)63(50(60)70)39-19-20-42(64)58-46(39)65)8-3-6-23-61-24-25-62(41(29-61)48(67)68)28-31-11-15-33(16-12-31)56-47(66)45-43(34-9-7-10-36(54)44(34)55)52(51(59-45)21-4-2-5-22-51)35-17-14-32(53)27-37(35)57-49(52)69/h7,9-10,13-14,17-18,26-27,31,33,39,41,43,45,59H,2-6,8,11-12,15-16,19-25,28-29H2,1H3,(H,56,66)(H,57,69)(H,67,68)(H,58,64,65)/t31?,33?,39?,41-,43+,45-,52-/m1/s1. The Morgan fingerprint density at radius 2 is 1.69 bits per heavy atom. The normalized spacial score (nSPS) is 28.0. The van der Waals surface area contributed by atoms with Crippen LogP contribution in [0.5, 0.6) is 0 Å². The molecule has 1 unspecified atom stereocenters. The van der Waals surface area contributed by atoms with Crippen molar-refractivity contribution < 1.29 is 33.5 Å². The first-order valence-corrected chi connectivity index (χ1v) is 25.8. The molecule has 15 nitrogen and oxygen atoms in total. The van der Waals surface area contributed by atoms with E-state index in [9.17, 15) is 33.9 Å². The molecule has 4 amide bonds. The monoisotopic (exact) mass is 998 g/mol. The minimum Gasteiger partial charge on any atom is -0.480 e. The zero-order valence-electron chi connectivity index (χ0n) is 39.4. The van der Waals surface area contributed by atoms with E-state index in [0.29, 0.717) is 67.1 Å². The van der Waals surface area contributed by atoms with Gasteiger partial charge in [-0.3, -0.25) is 53.5 Å². The topological polar surface area (TPSA) is 187 Å². The van der Waals surface area contributed by atoms with E-state index < -0.39 is 52.7 Å². The van der Waals surface area contributed by atoms with Crippen LogP contribution in [0.2, 0.25) is 10.0 Å². The van der Waals surface area contributed by atoms with Gasteiger partial charge in [-0.2, -0.15) is 0 Å². The van der Waals surface area contributed by atoms with Crippen molar-refractivity contribution in [2.24, 2.45) is 13.0 Å². The zero-order chi connectivity index (χ0) is 49.1. The molecule has 1 aromatic heterocycles. The Bertz CT molecular complexity index is 2800. The van der Waals surface area contributed by atoms with Gasteiger partial charge in [-0.25, -0.2) is 9.18 Å². The van der Waals surface area contributed by atoms with E-state index in [4.69, 9.17) is 23.2 Å². The van der Waals surface area contributed by atoms with E-state index in [0.717, 1.165) is 75.5 Å². The number of carbonyl (C=O) groups is 5. The number of carbonyl (C=O) groups excluding carboxylic acids is 4. The predicted octanol–water partition coefficient (Wildman–Crippen LogP) is 6.18. The van der Waals surface area contributed by atoms with Crippen molar-refractivity contribution >= 4 is 69.5 Å². The molecule has 10 rings (SSSR count). The highest BCUT2D eigenvalue weighted by Crippen LogP contribution is 2.63. The number of nitrogens with one attached hydrogen (secondary N) is 4. The van der Waals surface area contributed by atoms with Gasteiger partial charge in [0.15, 0.2) is 0 Å². The summed E-state index contributed by atoms with van der Waals surface area (Å²) in [6.45, 7) is 3.27. The molecule has 4 aromatic rings. The number of amides is 4. The molecule has 3 aromatic carbocycles. The summed E-state index contributed by atoms with van der Waals surface area (Å²) in [4.78, 5) is 84.1. The highest BCUT2D eigenvalue weighted by Gasteiger charge is 2.72. The number of benzene rings is 3. The van der Waals surface area contributed by atoms with Gasteiger partial charge in [-0.1, -0.05) is 66.7 Å². The number of nitrogens with zero attached hydrogens (tertiary/aromatic N) is 4. The van der Waals surface area contributed by atoms with E-state index >= 15 is 4.39 Å². The first-order chi connectivity index (χ1) is 33.7. The van der Waals surface area contributed by atoms with Crippen LogP contribution in [0.1, 0.15) is 112 Å². The molecule has 2 spiro atoms. The summed E-state index contributed by atoms with van der Waals surface area (Å²) in [5, 5.41) is 23.3.